The Balaban J connectivity index is 1.34. The first-order valence-corrected chi connectivity index (χ1v) is 10.9. The fourth-order valence-corrected chi connectivity index (χ4v) is 4.48. The first-order chi connectivity index (χ1) is 15.0. The highest BCUT2D eigenvalue weighted by Crippen LogP contribution is 2.27. The molecule has 0 radical (unpaired) electrons. The number of methoxy groups -OCH3 is 1. The Bertz CT molecular complexity index is 984. The molecule has 0 N–H and O–H groups in total. The maximum absolute atomic E-state index is 12.6. The number of rotatable bonds is 8. The standard InChI is InChI=1S/C22H29N5O4/c1-3-25-19(23-27(22(25)30)14-15-31-2)16-8-10-24(11-9-16)12-13-26-20(28)17-6-4-5-7-18(17)21(26)29/h4-7,16H,3,8-15H2,1-2H3. The molecule has 0 bridgehead atoms. The van der Waals surface area contributed by atoms with Gasteiger partial charge < -0.3 is 9.64 Å². The summed E-state index contributed by atoms with van der Waals surface area (Å²) in [5.74, 6) is 0.670. The molecule has 9 nitrogen and oxygen atoms in total. The summed E-state index contributed by atoms with van der Waals surface area (Å²) in [6, 6.07) is 6.98. The van der Waals surface area contributed by atoms with Crippen molar-refractivity contribution in [3.05, 3.63) is 51.7 Å². The molecule has 0 unspecified atom stereocenters. The van der Waals surface area contributed by atoms with Crippen LogP contribution in [0.1, 0.15) is 52.2 Å². The van der Waals surface area contributed by atoms with Crippen molar-refractivity contribution in [3.63, 3.8) is 0 Å². The van der Waals surface area contributed by atoms with E-state index in [0.717, 1.165) is 31.8 Å². The number of aromatic nitrogens is 3. The number of amides is 2. The van der Waals surface area contributed by atoms with Gasteiger partial charge in [-0.2, -0.15) is 5.10 Å². The zero-order valence-corrected chi connectivity index (χ0v) is 18.1. The van der Waals surface area contributed by atoms with Gasteiger partial charge in [-0.1, -0.05) is 12.1 Å². The first kappa shape index (κ1) is 21.5. The normalized spacial score (nSPS) is 17.5. The van der Waals surface area contributed by atoms with Crippen molar-refractivity contribution in [3.8, 4) is 0 Å². The number of fused-ring (bicyclic) bond motifs is 1. The van der Waals surface area contributed by atoms with Crippen molar-refractivity contribution in [1.29, 1.82) is 0 Å². The molecule has 9 heteroatoms. The van der Waals surface area contributed by atoms with Gasteiger partial charge >= 0.3 is 5.69 Å². The van der Waals surface area contributed by atoms with Gasteiger partial charge in [0.1, 0.15) is 5.82 Å². The molecule has 4 rings (SSSR count). The summed E-state index contributed by atoms with van der Waals surface area (Å²) < 4.78 is 8.34. The number of hydrogen-bond acceptors (Lipinski definition) is 6. The van der Waals surface area contributed by atoms with E-state index < -0.39 is 0 Å². The Labute approximate surface area is 181 Å². The zero-order chi connectivity index (χ0) is 22.0. The Morgan fingerprint density at radius 2 is 1.65 bits per heavy atom. The second-order valence-electron chi connectivity index (χ2n) is 8.02. The van der Waals surface area contributed by atoms with Crippen molar-refractivity contribution in [1.82, 2.24) is 24.1 Å². The molecule has 2 aromatic rings. The van der Waals surface area contributed by atoms with E-state index in [9.17, 15) is 14.4 Å². The molecule has 0 atom stereocenters. The van der Waals surface area contributed by atoms with Gasteiger partial charge in [-0.3, -0.25) is 19.1 Å². The molecular weight excluding hydrogens is 398 g/mol. The minimum atomic E-state index is -0.205. The number of imide groups is 1. The number of ether oxygens (including phenoxy) is 1. The Hall–Kier alpha value is -2.78. The van der Waals surface area contributed by atoms with E-state index in [1.165, 1.54) is 9.58 Å². The molecule has 0 spiro atoms. The van der Waals surface area contributed by atoms with E-state index in [-0.39, 0.29) is 23.4 Å². The van der Waals surface area contributed by atoms with Crippen LogP contribution >= 0.6 is 0 Å². The van der Waals surface area contributed by atoms with Crippen LogP contribution in [-0.4, -0.2) is 75.9 Å². The molecule has 1 aromatic heterocycles. The third-order valence-corrected chi connectivity index (χ3v) is 6.25. The number of piperidine rings is 1. The van der Waals surface area contributed by atoms with Crippen LogP contribution < -0.4 is 5.69 Å². The lowest BCUT2D eigenvalue weighted by Crippen LogP contribution is -2.41. The third kappa shape index (κ3) is 4.07. The number of nitrogens with zero attached hydrogens (tertiary/aromatic N) is 5. The molecule has 1 aromatic carbocycles. The van der Waals surface area contributed by atoms with E-state index >= 15 is 0 Å². The molecule has 2 aliphatic rings. The summed E-state index contributed by atoms with van der Waals surface area (Å²) in [7, 11) is 1.61. The molecule has 166 valence electrons. The lowest BCUT2D eigenvalue weighted by atomic mass is 9.96. The molecule has 3 heterocycles. The zero-order valence-electron chi connectivity index (χ0n) is 18.1. The van der Waals surface area contributed by atoms with Gasteiger partial charge in [-0.05, 0) is 45.0 Å². The van der Waals surface area contributed by atoms with Crippen LogP contribution in [-0.2, 0) is 17.8 Å². The lowest BCUT2D eigenvalue weighted by Gasteiger charge is -2.32. The highest BCUT2D eigenvalue weighted by Gasteiger charge is 2.35. The third-order valence-electron chi connectivity index (χ3n) is 6.25. The summed E-state index contributed by atoms with van der Waals surface area (Å²) in [6.45, 7) is 6.20. The maximum atomic E-state index is 12.6. The number of likely N-dealkylation sites (tertiary alicyclic amines) is 1. The predicted octanol–water partition coefficient (Wildman–Crippen LogP) is 1.19. The summed E-state index contributed by atoms with van der Waals surface area (Å²) in [5.41, 5.74) is 0.906. The molecule has 2 amide bonds. The highest BCUT2D eigenvalue weighted by atomic mass is 16.5. The molecule has 2 aliphatic heterocycles. The number of carbonyl (C=O) groups is 2. The van der Waals surface area contributed by atoms with Gasteiger partial charge in [0.2, 0.25) is 0 Å². The fraction of sp³-hybridized carbons (Fsp3) is 0.545. The second-order valence-corrected chi connectivity index (χ2v) is 8.02. The first-order valence-electron chi connectivity index (χ1n) is 10.9. The van der Waals surface area contributed by atoms with Gasteiger partial charge in [0.25, 0.3) is 11.8 Å². The van der Waals surface area contributed by atoms with Crippen molar-refractivity contribution in [2.24, 2.45) is 0 Å². The van der Waals surface area contributed by atoms with Gasteiger partial charge in [-0.25, -0.2) is 9.48 Å². The van der Waals surface area contributed by atoms with Gasteiger partial charge in [0, 0.05) is 32.7 Å². The number of hydrogen-bond donors (Lipinski definition) is 0. The van der Waals surface area contributed by atoms with Crippen LogP contribution in [0.2, 0.25) is 0 Å². The van der Waals surface area contributed by atoms with Crippen LogP contribution in [0.25, 0.3) is 0 Å². The van der Waals surface area contributed by atoms with Crippen molar-refractivity contribution >= 4 is 11.8 Å². The average molecular weight is 428 g/mol. The Morgan fingerprint density at radius 1 is 1.00 bits per heavy atom. The van der Waals surface area contributed by atoms with Crippen LogP contribution in [0.4, 0.5) is 0 Å². The fourth-order valence-electron chi connectivity index (χ4n) is 4.48. The molecule has 0 saturated carbocycles. The molecular formula is C22H29N5O4. The lowest BCUT2D eigenvalue weighted by molar-refractivity contribution is 0.0629. The van der Waals surface area contributed by atoms with Crippen molar-refractivity contribution in [2.45, 2.75) is 38.8 Å². The SMILES string of the molecule is CCn1c(C2CCN(CCN3C(=O)c4ccccc4C3=O)CC2)nn(CCOC)c1=O. The van der Waals surface area contributed by atoms with Gasteiger partial charge in [0.05, 0.1) is 24.3 Å². The van der Waals surface area contributed by atoms with Gasteiger partial charge in [-0.15, -0.1) is 0 Å². The van der Waals surface area contributed by atoms with E-state index in [2.05, 4.69) is 10.00 Å². The maximum Gasteiger partial charge on any atom is 0.345 e. The number of carbonyl (C=O) groups excluding carboxylic acids is 2. The van der Waals surface area contributed by atoms with Crippen molar-refractivity contribution in [2.75, 3.05) is 39.9 Å². The smallest absolute Gasteiger partial charge is 0.345 e. The molecule has 31 heavy (non-hydrogen) atoms. The Kier molecular flexibility index (Phi) is 6.33. The van der Waals surface area contributed by atoms with E-state index in [1.807, 2.05) is 6.92 Å². The molecule has 0 aliphatic carbocycles. The van der Waals surface area contributed by atoms with E-state index in [4.69, 9.17) is 4.74 Å². The number of benzene rings is 1. The minimum absolute atomic E-state index is 0.0809. The summed E-state index contributed by atoms with van der Waals surface area (Å²) in [5, 5.41) is 4.59. The quantitative estimate of drug-likeness (QED) is 0.588. The van der Waals surface area contributed by atoms with Crippen LogP contribution in [0, 0.1) is 0 Å². The monoisotopic (exact) mass is 427 g/mol. The largest absolute Gasteiger partial charge is 0.383 e. The predicted molar refractivity (Wildman–Crippen MR) is 114 cm³/mol. The highest BCUT2D eigenvalue weighted by molar-refractivity contribution is 6.21. The van der Waals surface area contributed by atoms with Crippen molar-refractivity contribution < 1.29 is 14.3 Å². The summed E-state index contributed by atoms with van der Waals surface area (Å²) in [4.78, 5) is 41.3. The topological polar surface area (TPSA) is 89.7 Å². The van der Waals surface area contributed by atoms with E-state index in [1.54, 1.807) is 35.9 Å². The Morgan fingerprint density at radius 3 is 2.23 bits per heavy atom. The second kappa shape index (κ2) is 9.15. The average Bonchev–Trinajstić information content (AvgIpc) is 3.24. The summed E-state index contributed by atoms with van der Waals surface area (Å²) >= 11 is 0. The minimum Gasteiger partial charge on any atom is -0.383 e. The molecule has 1 saturated heterocycles. The van der Waals surface area contributed by atoms with Crippen LogP contribution in [0.5, 0.6) is 0 Å². The van der Waals surface area contributed by atoms with Crippen LogP contribution in [0.3, 0.4) is 0 Å². The van der Waals surface area contributed by atoms with Crippen LogP contribution in [0.15, 0.2) is 29.1 Å². The summed E-state index contributed by atoms with van der Waals surface area (Å²) in [6.07, 6.45) is 1.78. The van der Waals surface area contributed by atoms with Gasteiger partial charge in [0.15, 0.2) is 0 Å². The van der Waals surface area contributed by atoms with E-state index in [0.29, 0.717) is 43.9 Å². The molecule has 1 fully saturated rings.